The van der Waals surface area contributed by atoms with Gasteiger partial charge in [-0.1, -0.05) is 36.1 Å². The van der Waals surface area contributed by atoms with Crippen LogP contribution < -0.4 is 10.9 Å². The van der Waals surface area contributed by atoms with Crippen LogP contribution in [0, 0.1) is 11.8 Å². The Labute approximate surface area is 199 Å². The van der Waals surface area contributed by atoms with Gasteiger partial charge in [0, 0.05) is 49.8 Å². The molecule has 0 unspecified atom stereocenters. The van der Waals surface area contributed by atoms with Crippen LogP contribution in [0.15, 0.2) is 59.7 Å². The number of hydrogen-bond acceptors (Lipinski definition) is 6. The number of rotatable bonds is 8. The van der Waals surface area contributed by atoms with Crippen molar-refractivity contribution < 1.29 is 14.6 Å². The lowest BCUT2D eigenvalue weighted by molar-refractivity contribution is 0.178. The van der Waals surface area contributed by atoms with E-state index < -0.39 is 5.56 Å². The second-order valence-corrected chi connectivity index (χ2v) is 8.39. The first-order valence-corrected chi connectivity index (χ1v) is 11.4. The normalized spacial score (nSPS) is 16.1. The number of aromatic amines is 1. The molecule has 2 heterocycles. The van der Waals surface area contributed by atoms with E-state index in [1.807, 2.05) is 36.4 Å². The van der Waals surface area contributed by atoms with Crippen molar-refractivity contribution in [2.75, 3.05) is 26.9 Å². The largest absolute Gasteiger partial charge is 0.502 e. The summed E-state index contributed by atoms with van der Waals surface area (Å²) >= 11 is 0. The number of H-pyrrole nitrogens is 1. The Hall–Kier alpha value is -3.44. The number of aromatic nitrogens is 2. The highest BCUT2D eigenvalue weighted by Crippen LogP contribution is 2.23. The fourth-order valence-electron chi connectivity index (χ4n) is 3.93. The van der Waals surface area contributed by atoms with Gasteiger partial charge < -0.3 is 24.9 Å². The van der Waals surface area contributed by atoms with E-state index in [9.17, 15) is 9.90 Å². The van der Waals surface area contributed by atoms with Crippen LogP contribution in [-0.2, 0) is 22.4 Å². The summed E-state index contributed by atoms with van der Waals surface area (Å²) in [6, 6.07) is 16.7. The monoisotopic (exact) mass is 459 g/mol. The van der Waals surface area contributed by atoms with E-state index in [1.54, 1.807) is 7.11 Å². The summed E-state index contributed by atoms with van der Waals surface area (Å²) < 4.78 is 10.8. The molecule has 2 aromatic carbocycles. The van der Waals surface area contributed by atoms with Crippen LogP contribution in [0.3, 0.4) is 0 Å². The first-order valence-electron chi connectivity index (χ1n) is 11.4. The molecule has 3 N–H and O–H groups in total. The lowest BCUT2D eigenvalue weighted by Crippen LogP contribution is -2.28. The van der Waals surface area contributed by atoms with Crippen molar-refractivity contribution in [2.24, 2.45) is 0 Å². The average molecular weight is 460 g/mol. The Morgan fingerprint density at radius 2 is 1.88 bits per heavy atom. The number of nitrogens with one attached hydrogen (secondary N) is 2. The van der Waals surface area contributed by atoms with E-state index in [0.717, 1.165) is 42.9 Å². The first-order chi connectivity index (χ1) is 16.6. The summed E-state index contributed by atoms with van der Waals surface area (Å²) in [5, 5.41) is 13.5. The average Bonchev–Trinajstić information content (AvgIpc) is 3.39. The fraction of sp³-hybridized carbons (Fsp3) is 0.333. The van der Waals surface area contributed by atoms with Crippen molar-refractivity contribution >= 4 is 0 Å². The quantitative estimate of drug-likeness (QED) is 0.448. The van der Waals surface area contributed by atoms with Crippen LogP contribution in [0.5, 0.6) is 5.75 Å². The van der Waals surface area contributed by atoms with E-state index in [0.29, 0.717) is 24.8 Å². The molecule has 0 aliphatic carbocycles. The maximum absolute atomic E-state index is 11.7. The van der Waals surface area contributed by atoms with Gasteiger partial charge in [-0.25, -0.2) is 4.98 Å². The van der Waals surface area contributed by atoms with Gasteiger partial charge in [0.1, 0.15) is 0 Å². The molecule has 1 aliphatic heterocycles. The van der Waals surface area contributed by atoms with Gasteiger partial charge in [-0.05, 0) is 41.8 Å². The Bertz CT molecular complexity index is 1190. The van der Waals surface area contributed by atoms with E-state index in [2.05, 4.69) is 39.3 Å². The van der Waals surface area contributed by atoms with Gasteiger partial charge in [-0.15, -0.1) is 0 Å². The van der Waals surface area contributed by atoms with Crippen molar-refractivity contribution in [1.82, 2.24) is 15.3 Å². The maximum atomic E-state index is 11.7. The molecule has 0 amide bonds. The van der Waals surface area contributed by atoms with Crippen LogP contribution in [0.4, 0.5) is 0 Å². The summed E-state index contributed by atoms with van der Waals surface area (Å²) in [6.45, 7) is 2.90. The van der Waals surface area contributed by atoms with Gasteiger partial charge in [0.25, 0.3) is 5.56 Å². The van der Waals surface area contributed by atoms with E-state index in [-0.39, 0.29) is 11.7 Å². The van der Waals surface area contributed by atoms with Gasteiger partial charge >= 0.3 is 0 Å². The van der Waals surface area contributed by atoms with E-state index in [4.69, 9.17) is 9.47 Å². The molecule has 7 heteroatoms. The molecule has 34 heavy (non-hydrogen) atoms. The van der Waals surface area contributed by atoms with Crippen LogP contribution >= 0.6 is 0 Å². The molecule has 1 aliphatic rings. The number of hydrogen-bond donors (Lipinski definition) is 3. The molecular weight excluding hydrogens is 430 g/mol. The molecule has 176 valence electrons. The number of nitrogens with zero attached hydrogens (tertiary/aromatic N) is 1. The zero-order valence-corrected chi connectivity index (χ0v) is 19.2. The topological polar surface area (TPSA) is 96.5 Å². The van der Waals surface area contributed by atoms with Crippen molar-refractivity contribution in [3.05, 3.63) is 93.2 Å². The number of benzene rings is 2. The van der Waals surface area contributed by atoms with Crippen molar-refractivity contribution in [3.8, 4) is 17.6 Å². The summed E-state index contributed by atoms with van der Waals surface area (Å²) in [6.07, 6.45) is 2.76. The Balaban J connectivity index is 1.39. The second kappa shape index (κ2) is 11.6. The van der Waals surface area contributed by atoms with Crippen LogP contribution in [-0.4, -0.2) is 48.0 Å². The SMILES string of the molecule is COC[C@H](Cc1nc[nH]c(=O)c1O)c1ccc(C#Cc2ccc(CN[C@H]3CCOC3)cc2)cc1. The Kier molecular flexibility index (Phi) is 8.10. The molecule has 0 radical (unpaired) electrons. The summed E-state index contributed by atoms with van der Waals surface area (Å²) in [4.78, 5) is 18.1. The third-order valence-electron chi connectivity index (χ3n) is 5.92. The molecular formula is C27H29N3O4. The zero-order valence-electron chi connectivity index (χ0n) is 19.2. The molecule has 1 aromatic heterocycles. The number of ether oxygens (including phenoxy) is 2. The minimum absolute atomic E-state index is 0.0517. The van der Waals surface area contributed by atoms with Crippen LogP contribution in [0.2, 0.25) is 0 Å². The molecule has 0 bridgehead atoms. The zero-order chi connectivity index (χ0) is 23.8. The molecule has 0 spiro atoms. The van der Waals surface area contributed by atoms with Crippen molar-refractivity contribution in [1.29, 1.82) is 0 Å². The number of methoxy groups -OCH3 is 1. The summed E-state index contributed by atoms with van der Waals surface area (Å²) in [7, 11) is 1.63. The fourth-order valence-corrected chi connectivity index (χ4v) is 3.93. The van der Waals surface area contributed by atoms with Gasteiger partial charge in [-0.3, -0.25) is 4.79 Å². The lowest BCUT2D eigenvalue weighted by Gasteiger charge is -2.16. The third kappa shape index (κ3) is 6.33. The Morgan fingerprint density at radius 3 is 2.53 bits per heavy atom. The van der Waals surface area contributed by atoms with Gasteiger partial charge in [-0.2, -0.15) is 0 Å². The van der Waals surface area contributed by atoms with Gasteiger partial charge in [0.05, 0.1) is 25.2 Å². The van der Waals surface area contributed by atoms with E-state index in [1.165, 1.54) is 11.9 Å². The molecule has 1 fully saturated rings. The third-order valence-corrected chi connectivity index (χ3v) is 5.92. The van der Waals surface area contributed by atoms with Gasteiger partial charge in [0.2, 0.25) is 5.75 Å². The molecule has 1 saturated heterocycles. The highest BCUT2D eigenvalue weighted by molar-refractivity contribution is 5.44. The van der Waals surface area contributed by atoms with Crippen LogP contribution in [0.25, 0.3) is 0 Å². The molecule has 2 atom stereocenters. The minimum Gasteiger partial charge on any atom is -0.502 e. The van der Waals surface area contributed by atoms with Crippen molar-refractivity contribution in [2.45, 2.75) is 31.3 Å². The molecule has 0 saturated carbocycles. The van der Waals surface area contributed by atoms with Gasteiger partial charge in [0.15, 0.2) is 0 Å². The van der Waals surface area contributed by atoms with Crippen LogP contribution in [0.1, 0.15) is 40.3 Å². The van der Waals surface area contributed by atoms with Crippen molar-refractivity contribution in [3.63, 3.8) is 0 Å². The first kappa shape index (κ1) is 23.7. The summed E-state index contributed by atoms with van der Waals surface area (Å²) in [5.74, 6) is 6.03. The molecule has 7 nitrogen and oxygen atoms in total. The Morgan fingerprint density at radius 1 is 1.18 bits per heavy atom. The highest BCUT2D eigenvalue weighted by Gasteiger charge is 2.17. The minimum atomic E-state index is -0.542. The standard InChI is InChI=1S/C27H29N3O4/c1-33-16-23(14-25-26(31)27(32)30-18-29-25)22-10-8-20(9-11-22)3-2-19-4-6-21(7-5-19)15-28-24-12-13-34-17-24/h4-11,18,23-24,28,31H,12-17H2,1H3,(H,29,30,32)/t23-,24-/m0/s1. The lowest BCUT2D eigenvalue weighted by atomic mass is 9.93. The summed E-state index contributed by atoms with van der Waals surface area (Å²) in [5.41, 5.74) is 3.93. The smallest absolute Gasteiger partial charge is 0.293 e. The molecule has 4 rings (SSSR count). The maximum Gasteiger partial charge on any atom is 0.293 e. The predicted octanol–water partition coefficient (Wildman–Crippen LogP) is 2.73. The van der Waals surface area contributed by atoms with E-state index >= 15 is 0 Å². The predicted molar refractivity (Wildman–Crippen MR) is 130 cm³/mol. The number of aromatic hydroxyl groups is 1. The molecule has 3 aromatic rings. The highest BCUT2D eigenvalue weighted by atomic mass is 16.5. The second-order valence-electron chi connectivity index (χ2n) is 8.39.